The van der Waals surface area contributed by atoms with Crippen LogP contribution in [0.5, 0.6) is 0 Å². The molecule has 1 N–H and O–H groups in total. The highest BCUT2D eigenvalue weighted by Crippen LogP contribution is 2.24. The van der Waals surface area contributed by atoms with E-state index in [0.717, 1.165) is 23.2 Å². The molecule has 8 heteroatoms. The van der Waals surface area contributed by atoms with Gasteiger partial charge in [-0.05, 0) is 50.2 Å². The second-order valence-corrected chi connectivity index (χ2v) is 9.30. The normalized spacial score (nSPS) is 16.5. The number of benzene rings is 1. The third-order valence-corrected chi connectivity index (χ3v) is 6.82. The van der Waals surface area contributed by atoms with Crippen LogP contribution in [0.3, 0.4) is 0 Å². The van der Waals surface area contributed by atoms with Gasteiger partial charge >= 0.3 is 0 Å². The lowest BCUT2D eigenvalue weighted by atomic mass is 10.1. The first-order valence-electron chi connectivity index (χ1n) is 9.43. The molecule has 1 atom stereocenters. The van der Waals surface area contributed by atoms with Crippen LogP contribution in [0, 0.1) is 0 Å². The van der Waals surface area contributed by atoms with Crippen molar-refractivity contribution >= 4 is 15.8 Å². The SMILES string of the molecule is CN(C)S(=O)(=O)c1cccc(C(=O)CNCC(c2ccco2)N2CCCC2)c1. The smallest absolute Gasteiger partial charge is 0.242 e. The molecule has 1 unspecified atom stereocenters. The zero-order chi connectivity index (χ0) is 20.1. The zero-order valence-corrected chi connectivity index (χ0v) is 17.1. The van der Waals surface area contributed by atoms with E-state index in [9.17, 15) is 13.2 Å². The Hall–Kier alpha value is -2.00. The van der Waals surface area contributed by atoms with Gasteiger partial charge in [-0.3, -0.25) is 9.69 Å². The van der Waals surface area contributed by atoms with Crippen LogP contribution in [0.1, 0.15) is 35.0 Å². The van der Waals surface area contributed by atoms with E-state index >= 15 is 0 Å². The number of furan rings is 1. The summed E-state index contributed by atoms with van der Waals surface area (Å²) < 4.78 is 31.3. The van der Waals surface area contributed by atoms with Gasteiger partial charge in [0.05, 0.1) is 23.7 Å². The van der Waals surface area contributed by atoms with Crippen molar-refractivity contribution in [2.75, 3.05) is 40.3 Å². The van der Waals surface area contributed by atoms with E-state index in [-0.39, 0.29) is 23.3 Å². The number of ketones is 1. The highest BCUT2D eigenvalue weighted by molar-refractivity contribution is 7.89. The molecule has 1 fully saturated rings. The number of Topliss-reactive ketones (excluding diaryl/α,β-unsaturated/α-hetero) is 1. The first-order valence-corrected chi connectivity index (χ1v) is 10.9. The van der Waals surface area contributed by atoms with E-state index in [1.165, 1.54) is 39.1 Å². The van der Waals surface area contributed by atoms with E-state index in [4.69, 9.17) is 4.42 Å². The molecule has 1 aliphatic heterocycles. The number of nitrogens with zero attached hydrogens (tertiary/aromatic N) is 2. The molecule has 28 heavy (non-hydrogen) atoms. The number of hydrogen-bond acceptors (Lipinski definition) is 6. The van der Waals surface area contributed by atoms with Crippen LogP contribution < -0.4 is 5.32 Å². The van der Waals surface area contributed by atoms with E-state index in [1.54, 1.807) is 18.4 Å². The molecular formula is C20H27N3O4S. The number of carbonyl (C=O) groups is 1. The topological polar surface area (TPSA) is 82.9 Å². The summed E-state index contributed by atoms with van der Waals surface area (Å²) in [7, 11) is -0.624. The number of carbonyl (C=O) groups excluding carboxylic acids is 1. The van der Waals surface area contributed by atoms with E-state index in [1.807, 2.05) is 12.1 Å². The molecule has 1 aliphatic rings. The summed E-state index contributed by atoms with van der Waals surface area (Å²) in [5, 5.41) is 3.22. The summed E-state index contributed by atoms with van der Waals surface area (Å²) in [6, 6.07) is 10.1. The lowest BCUT2D eigenvalue weighted by Crippen LogP contribution is -2.36. The first-order chi connectivity index (χ1) is 13.4. The quantitative estimate of drug-likeness (QED) is 0.644. The Labute approximate surface area is 166 Å². The van der Waals surface area contributed by atoms with Crippen LogP contribution in [0.25, 0.3) is 0 Å². The Balaban J connectivity index is 1.63. The Morgan fingerprint density at radius 2 is 1.96 bits per heavy atom. The molecule has 2 heterocycles. The van der Waals surface area contributed by atoms with Crippen molar-refractivity contribution in [3.63, 3.8) is 0 Å². The molecule has 1 aromatic heterocycles. The minimum Gasteiger partial charge on any atom is -0.468 e. The maximum atomic E-state index is 12.6. The molecule has 7 nitrogen and oxygen atoms in total. The Kier molecular flexibility index (Phi) is 6.66. The molecule has 0 amide bonds. The summed E-state index contributed by atoms with van der Waals surface area (Å²) in [4.78, 5) is 15.1. The van der Waals surface area contributed by atoms with Gasteiger partial charge in [0.2, 0.25) is 10.0 Å². The molecule has 0 bridgehead atoms. The second-order valence-electron chi connectivity index (χ2n) is 7.14. The predicted molar refractivity (Wildman–Crippen MR) is 107 cm³/mol. The van der Waals surface area contributed by atoms with Crippen molar-refractivity contribution in [1.29, 1.82) is 0 Å². The third kappa shape index (κ3) is 4.70. The van der Waals surface area contributed by atoms with Gasteiger partial charge in [-0.1, -0.05) is 12.1 Å². The third-order valence-electron chi connectivity index (χ3n) is 5.01. The number of nitrogens with one attached hydrogen (secondary N) is 1. The summed E-state index contributed by atoms with van der Waals surface area (Å²) in [5.41, 5.74) is 0.381. The van der Waals surface area contributed by atoms with Crippen molar-refractivity contribution in [2.45, 2.75) is 23.8 Å². The summed E-state index contributed by atoms with van der Waals surface area (Å²) in [6.07, 6.45) is 4.01. The lowest BCUT2D eigenvalue weighted by Gasteiger charge is -2.26. The predicted octanol–water partition coefficient (Wildman–Crippen LogP) is 2.14. The number of sulfonamides is 1. The van der Waals surface area contributed by atoms with Gasteiger partial charge < -0.3 is 9.73 Å². The largest absolute Gasteiger partial charge is 0.468 e. The second kappa shape index (κ2) is 9.00. The Morgan fingerprint density at radius 1 is 1.21 bits per heavy atom. The molecule has 2 aromatic rings. The van der Waals surface area contributed by atoms with Gasteiger partial charge in [0.15, 0.2) is 5.78 Å². The summed E-state index contributed by atoms with van der Waals surface area (Å²) in [5.74, 6) is 0.747. The van der Waals surface area contributed by atoms with Crippen LogP contribution >= 0.6 is 0 Å². The van der Waals surface area contributed by atoms with Gasteiger partial charge in [0, 0.05) is 26.2 Å². The molecule has 1 saturated heterocycles. The molecule has 152 valence electrons. The maximum absolute atomic E-state index is 12.6. The van der Waals surface area contributed by atoms with E-state index in [2.05, 4.69) is 10.2 Å². The van der Waals surface area contributed by atoms with Gasteiger partial charge in [-0.2, -0.15) is 0 Å². The monoisotopic (exact) mass is 405 g/mol. The highest BCUT2D eigenvalue weighted by atomic mass is 32.2. The molecule has 0 saturated carbocycles. The molecule has 3 rings (SSSR count). The molecule has 0 aliphatic carbocycles. The van der Waals surface area contributed by atoms with Crippen LogP contribution in [-0.4, -0.2) is 63.7 Å². The van der Waals surface area contributed by atoms with Crippen molar-refractivity contribution in [3.8, 4) is 0 Å². The van der Waals surface area contributed by atoms with Gasteiger partial charge in [0.1, 0.15) is 5.76 Å². The fraction of sp³-hybridized carbons (Fsp3) is 0.450. The van der Waals surface area contributed by atoms with Crippen molar-refractivity contribution in [1.82, 2.24) is 14.5 Å². The van der Waals surface area contributed by atoms with Gasteiger partial charge in [-0.15, -0.1) is 0 Å². The number of hydrogen-bond donors (Lipinski definition) is 1. The van der Waals surface area contributed by atoms with Crippen LogP contribution in [0.2, 0.25) is 0 Å². The highest BCUT2D eigenvalue weighted by Gasteiger charge is 2.25. The summed E-state index contributed by atoms with van der Waals surface area (Å²) in [6.45, 7) is 2.77. The maximum Gasteiger partial charge on any atom is 0.242 e. The molecule has 0 spiro atoms. The van der Waals surface area contributed by atoms with E-state index < -0.39 is 10.0 Å². The molecular weight excluding hydrogens is 378 g/mol. The Bertz CT molecular complexity index is 888. The Morgan fingerprint density at radius 3 is 2.61 bits per heavy atom. The van der Waals surface area contributed by atoms with Crippen LogP contribution in [0.4, 0.5) is 0 Å². The average molecular weight is 406 g/mol. The van der Waals surface area contributed by atoms with Crippen LogP contribution in [0.15, 0.2) is 52.0 Å². The number of likely N-dealkylation sites (tertiary alicyclic amines) is 1. The van der Waals surface area contributed by atoms with Crippen molar-refractivity contribution in [3.05, 3.63) is 54.0 Å². The summed E-state index contributed by atoms with van der Waals surface area (Å²) >= 11 is 0. The van der Waals surface area contributed by atoms with Crippen molar-refractivity contribution in [2.24, 2.45) is 0 Å². The first kappa shape index (κ1) is 20.7. The van der Waals surface area contributed by atoms with Gasteiger partial charge in [0.25, 0.3) is 0 Å². The molecule has 1 aromatic carbocycles. The fourth-order valence-electron chi connectivity index (χ4n) is 3.41. The minimum atomic E-state index is -3.57. The minimum absolute atomic E-state index is 0.0887. The van der Waals surface area contributed by atoms with Crippen molar-refractivity contribution < 1.29 is 17.6 Å². The molecule has 0 radical (unpaired) electrons. The standard InChI is InChI=1S/C20H27N3O4S/c1-22(2)28(25,26)17-8-5-7-16(13-17)19(24)15-21-14-18(20-9-6-12-27-20)23-10-3-4-11-23/h5-9,12-13,18,21H,3-4,10-11,14-15H2,1-2H3. The lowest BCUT2D eigenvalue weighted by molar-refractivity contribution is 0.0986. The average Bonchev–Trinajstić information content (AvgIpc) is 3.39. The van der Waals surface area contributed by atoms with Crippen LogP contribution in [-0.2, 0) is 10.0 Å². The fourth-order valence-corrected chi connectivity index (χ4v) is 4.36. The van der Waals surface area contributed by atoms with E-state index in [0.29, 0.717) is 12.1 Å². The van der Waals surface area contributed by atoms with Gasteiger partial charge in [-0.25, -0.2) is 12.7 Å². The number of rotatable bonds is 9. The zero-order valence-electron chi connectivity index (χ0n) is 16.3.